The molecule has 0 saturated heterocycles. The van der Waals surface area contributed by atoms with Gasteiger partial charge in [0.15, 0.2) is 0 Å². The lowest BCUT2D eigenvalue weighted by molar-refractivity contribution is -0.133. The molecular weight excluding hydrogens is 428 g/mol. The molecule has 1 aliphatic heterocycles. The van der Waals surface area contributed by atoms with Crippen molar-refractivity contribution in [2.75, 3.05) is 4.90 Å². The van der Waals surface area contributed by atoms with E-state index in [0.717, 1.165) is 41.9 Å². The van der Waals surface area contributed by atoms with Gasteiger partial charge < -0.3 is 14.7 Å². The van der Waals surface area contributed by atoms with Crippen LogP contribution in [-0.2, 0) is 9.53 Å². The van der Waals surface area contributed by atoms with E-state index in [1.54, 1.807) is 13.0 Å². The van der Waals surface area contributed by atoms with Gasteiger partial charge in [-0.05, 0) is 70.4 Å². The van der Waals surface area contributed by atoms with Crippen LogP contribution in [0.1, 0.15) is 71.2 Å². The number of hydrogen-bond donors (Lipinski definition) is 1. The summed E-state index contributed by atoms with van der Waals surface area (Å²) in [7, 11) is 0. The van der Waals surface area contributed by atoms with Gasteiger partial charge in [0.25, 0.3) is 0 Å². The van der Waals surface area contributed by atoms with Crippen LogP contribution in [0, 0.1) is 0 Å². The molecule has 180 valence electrons. The highest BCUT2D eigenvalue weighted by Crippen LogP contribution is 2.32. The Hall–Kier alpha value is -3.41. The van der Waals surface area contributed by atoms with E-state index >= 15 is 0 Å². The number of benzene rings is 2. The number of ether oxygens (including phenoxy) is 1. The predicted molar refractivity (Wildman–Crippen MR) is 136 cm³/mol. The van der Waals surface area contributed by atoms with Crippen molar-refractivity contribution < 1.29 is 19.4 Å². The minimum Gasteiger partial charge on any atom is -0.478 e. The zero-order valence-corrected chi connectivity index (χ0v) is 20.9. The zero-order valence-electron chi connectivity index (χ0n) is 20.9. The minimum atomic E-state index is -0.948. The third-order valence-electron chi connectivity index (χ3n) is 5.76. The first-order valence-corrected chi connectivity index (χ1v) is 11.8. The third kappa shape index (κ3) is 5.56. The molecule has 0 radical (unpaired) electrons. The van der Waals surface area contributed by atoms with Crippen LogP contribution in [0.25, 0.3) is 11.1 Å². The number of carbonyl (C=O) groups is 2. The van der Waals surface area contributed by atoms with Crippen LogP contribution in [0.5, 0.6) is 0 Å². The summed E-state index contributed by atoms with van der Waals surface area (Å²) >= 11 is 0. The number of amidine groups is 1. The summed E-state index contributed by atoms with van der Waals surface area (Å²) in [6, 6.07) is 14.9. The van der Waals surface area contributed by atoms with Crippen LogP contribution in [0.3, 0.4) is 0 Å². The van der Waals surface area contributed by atoms with Gasteiger partial charge in [-0.1, -0.05) is 43.7 Å². The Labute approximate surface area is 202 Å². The number of carboxylic acids is 1. The molecular formula is C28H34N2O4. The van der Waals surface area contributed by atoms with Crippen molar-refractivity contribution in [3.05, 3.63) is 65.4 Å². The molecule has 6 nitrogen and oxygen atoms in total. The molecule has 0 amide bonds. The largest absolute Gasteiger partial charge is 0.478 e. The number of hydrogen-bond acceptors (Lipinski definition) is 5. The molecule has 2 aromatic rings. The summed E-state index contributed by atoms with van der Waals surface area (Å²) in [5.41, 5.74) is 3.33. The molecule has 1 N–H and O–H groups in total. The fourth-order valence-corrected chi connectivity index (χ4v) is 4.23. The Morgan fingerprint density at radius 2 is 1.74 bits per heavy atom. The number of carbonyl (C=O) groups excluding carboxylic acids is 1. The maximum Gasteiger partial charge on any atom is 0.339 e. The number of esters is 1. The first-order chi connectivity index (χ1) is 16.0. The quantitative estimate of drug-likeness (QED) is 0.477. The maximum absolute atomic E-state index is 12.8. The molecule has 1 unspecified atom stereocenters. The van der Waals surface area contributed by atoms with E-state index in [4.69, 9.17) is 4.74 Å². The number of aliphatic carboxylic acids is 1. The van der Waals surface area contributed by atoms with E-state index in [1.807, 2.05) is 75.1 Å². The smallest absolute Gasteiger partial charge is 0.339 e. The summed E-state index contributed by atoms with van der Waals surface area (Å²) in [5.74, 6) is -0.438. The molecule has 1 atom stereocenters. The van der Waals surface area contributed by atoms with Gasteiger partial charge in [-0.2, -0.15) is 0 Å². The van der Waals surface area contributed by atoms with Crippen LogP contribution >= 0.6 is 0 Å². The van der Waals surface area contributed by atoms with Gasteiger partial charge >= 0.3 is 11.9 Å². The molecule has 6 heteroatoms. The lowest BCUT2D eigenvalue weighted by Crippen LogP contribution is -2.44. The summed E-state index contributed by atoms with van der Waals surface area (Å²) in [5, 5.41) is 9.76. The van der Waals surface area contributed by atoms with Crippen molar-refractivity contribution in [3.63, 3.8) is 0 Å². The number of carboxylic acid groups (broad SMARTS) is 1. The molecule has 0 saturated carbocycles. The highest BCUT2D eigenvalue weighted by atomic mass is 16.6. The van der Waals surface area contributed by atoms with Crippen molar-refractivity contribution in [1.82, 2.24) is 0 Å². The van der Waals surface area contributed by atoms with Crippen LogP contribution in [0.4, 0.5) is 5.69 Å². The Morgan fingerprint density at radius 3 is 2.32 bits per heavy atom. The van der Waals surface area contributed by atoms with Gasteiger partial charge in [-0.25, -0.2) is 14.6 Å². The van der Waals surface area contributed by atoms with E-state index in [0.29, 0.717) is 16.8 Å². The van der Waals surface area contributed by atoms with Crippen LogP contribution in [0.15, 0.2) is 64.8 Å². The fraction of sp³-hybridized carbons (Fsp3) is 0.393. The average Bonchev–Trinajstić information content (AvgIpc) is 2.76. The first kappa shape index (κ1) is 25.2. The van der Waals surface area contributed by atoms with Gasteiger partial charge in [0.2, 0.25) is 0 Å². The van der Waals surface area contributed by atoms with Crippen LogP contribution in [-0.4, -0.2) is 34.5 Å². The lowest BCUT2D eigenvalue weighted by Gasteiger charge is -2.36. The summed E-state index contributed by atoms with van der Waals surface area (Å²) in [6.45, 7) is 11.3. The van der Waals surface area contributed by atoms with E-state index in [1.165, 1.54) is 0 Å². The number of nitrogens with zero attached hydrogens (tertiary/aromatic N) is 2. The van der Waals surface area contributed by atoms with Gasteiger partial charge in [0.05, 0.1) is 22.9 Å². The van der Waals surface area contributed by atoms with Crippen molar-refractivity contribution >= 4 is 23.5 Å². The normalized spacial score (nSPS) is 16.4. The van der Waals surface area contributed by atoms with Crippen molar-refractivity contribution in [1.29, 1.82) is 0 Å². The van der Waals surface area contributed by atoms with Gasteiger partial charge in [0, 0.05) is 12.1 Å². The van der Waals surface area contributed by atoms with Gasteiger partial charge in [-0.3, -0.25) is 0 Å². The van der Waals surface area contributed by atoms with E-state index < -0.39 is 11.6 Å². The number of rotatable bonds is 7. The molecule has 1 aliphatic rings. The minimum absolute atomic E-state index is 0.305. The monoisotopic (exact) mass is 462 g/mol. The molecule has 0 aromatic heterocycles. The summed E-state index contributed by atoms with van der Waals surface area (Å²) < 4.78 is 5.59. The average molecular weight is 463 g/mol. The lowest BCUT2D eigenvalue weighted by atomic mass is 9.97. The topological polar surface area (TPSA) is 79.2 Å². The highest BCUT2D eigenvalue weighted by molar-refractivity contribution is 6.04. The molecule has 1 heterocycles. The number of unbranched alkanes of at least 4 members (excludes halogenated alkanes) is 1. The zero-order chi connectivity index (χ0) is 25.0. The van der Waals surface area contributed by atoms with Crippen LogP contribution in [0.2, 0.25) is 0 Å². The predicted octanol–water partition coefficient (Wildman–Crippen LogP) is 6.46. The first-order valence-electron chi connectivity index (χ1n) is 11.8. The second-order valence-electron chi connectivity index (χ2n) is 9.58. The Morgan fingerprint density at radius 1 is 1.09 bits per heavy atom. The standard InChI is InChI=1S/C28H34N2O4/c1-7-8-13-24-29-18(2)25(26(31)32)19(3)30(24)21-16-14-20(15-17-21)22-11-9-10-12-23(22)27(33)34-28(4,5)6/h9-12,14-17,19H,7-8,13H2,1-6H3,(H,31,32). The van der Waals surface area contributed by atoms with Gasteiger partial charge in [0.1, 0.15) is 11.4 Å². The molecule has 3 rings (SSSR count). The number of allylic oxidation sites excluding steroid dienone is 1. The Bertz CT molecular complexity index is 1120. The summed E-state index contributed by atoms with van der Waals surface area (Å²) in [4.78, 5) is 31.4. The highest BCUT2D eigenvalue weighted by Gasteiger charge is 2.32. The molecule has 34 heavy (non-hydrogen) atoms. The number of aliphatic imine (C=N–C) groups is 1. The van der Waals surface area contributed by atoms with Crippen molar-refractivity contribution in [2.24, 2.45) is 4.99 Å². The second-order valence-corrected chi connectivity index (χ2v) is 9.58. The second kappa shape index (κ2) is 10.2. The molecule has 0 fully saturated rings. The van der Waals surface area contributed by atoms with E-state index in [2.05, 4.69) is 11.9 Å². The molecule has 2 aromatic carbocycles. The van der Waals surface area contributed by atoms with Crippen molar-refractivity contribution in [2.45, 2.75) is 72.4 Å². The van der Waals surface area contributed by atoms with Crippen molar-refractivity contribution in [3.8, 4) is 11.1 Å². The van der Waals surface area contributed by atoms with E-state index in [-0.39, 0.29) is 12.0 Å². The van der Waals surface area contributed by atoms with Crippen LogP contribution < -0.4 is 4.90 Å². The molecule has 0 aliphatic carbocycles. The number of anilines is 1. The SMILES string of the molecule is CCCCC1=NC(C)=C(C(=O)O)C(C)N1c1ccc(-c2ccccc2C(=O)OC(C)(C)C)cc1. The fourth-order valence-electron chi connectivity index (χ4n) is 4.23. The summed E-state index contributed by atoms with van der Waals surface area (Å²) in [6.07, 6.45) is 2.77. The Kier molecular flexibility index (Phi) is 7.60. The third-order valence-corrected chi connectivity index (χ3v) is 5.76. The Balaban J connectivity index is 1.98. The van der Waals surface area contributed by atoms with Gasteiger partial charge in [-0.15, -0.1) is 0 Å². The molecule has 0 spiro atoms. The molecule has 0 bridgehead atoms. The van der Waals surface area contributed by atoms with E-state index in [9.17, 15) is 14.7 Å². The maximum atomic E-state index is 12.8.